The number of rotatable bonds is 5. The standard InChI is InChI=1S/C15H12N4OS/c20-11-17-16-9-13-10-19(14-7-4-8-21-14)18-15(13)12-5-2-1-3-6-12/h1-11H,(H,17,20)/b16-9+. The maximum absolute atomic E-state index is 10.3. The van der Waals surface area contributed by atoms with Gasteiger partial charge in [0.25, 0.3) is 0 Å². The third-order valence-corrected chi connectivity index (χ3v) is 3.71. The van der Waals surface area contributed by atoms with Crippen molar-refractivity contribution in [2.24, 2.45) is 5.10 Å². The fourth-order valence-electron chi connectivity index (χ4n) is 1.95. The molecule has 1 amide bonds. The third kappa shape index (κ3) is 2.90. The molecule has 0 unspecified atom stereocenters. The van der Waals surface area contributed by atoms with Gasteiger partial charge in [0, 0.05) is 17.3 Å². The second kappa shape index (κ2) is 6.15. The van der Waals surface area contributed by atoms with E-state index in [0.29, 0.717) is 6.41 Å². The van der Waals surface area contributed by atoms with Crippen molar-refractivity contribution in [3.63, 3.8) is 0 Å². The number of hydrogen-bond acceptors (Lipinski definition) is 4. The molecule has 1 N–H and O–H groups in total. The van der Waals surface area contributed by atoms with Crippen molar-refractivity contribution in [1.29, 1.82) is 0 Å². The molecule has 3 aromatic rings. The number of amides is 1. The molecule has 0 fully saturated rings. The average molecular weight is 296 g/mol. The van der Waals surface area contributed by atoms with Crippen molar-refractivity contribution in [2.75, 3.05) is 0 Å². The lowest BCUT2D eigenvalue weighted by atomic mass is 10.1. The Morgan fingerprint density at radius 1 is 1.19 bits per heavy atom. The molecule has 3 rings (SSSR count). The summed E-state index contributed by atoms with van der Waals surface area (Å²) in [6.45, 7) is 0. The van der Waals surface area contributed by atoms with Crippen molar-refractivity contribution in [3.8, 4) is 16.3 Å². The lowest BCUT2D eigenvalue weighted by Crippen LogP contribution is -2.00. The molecule has 0 atom stereocenters. The highest BCUT2D eigenvalue weighted by Crippen LogP contribution is 2.23. The van der Waals surface area contributed by atoms with Gasteiger partial charge < -0.3 is 0 Å². The van der Waals surface area contributed by atoms with Crippen LogP contribution in [-0.4, -0.2) is 22.4 Å². The summed E-state index contributed by atoms with van der Waals surface area (Å²) >= 11 is 1.61. The Labute approximate surface area is 125 Å². The number of benzene rings is 1. The first kappa shape index (κ1) is 13.3. The maximum atomic E-state index is 10.3. The Balaban J connectivity index is 2.06. The predicted octanol–water partition coefficient (Wildman–Crippen LogP) is 2.68. The molecule has 0 aliphatic rings. The van der Waals surface area contributed by atoms with Crippen LogP contribution in [-0.2, 0) is 4.79 Å². The van der Waals surface area contributed by atoms with Crippen molar-refractivity contribution in [1.82, 2.24) is 15.2 Å². The van der Waals surface area contributed by atoms with Crippen molar-refractivity contribution in [3.05, 3.63) is 59.6 Å². The van der Waals surface area contributed by atoms with Gasteiger partial charge in [-0.3, -0.25) is 4.79 Å². The zero-order valence-electron chi connectivity index (χ0n) is 11.0. The number of aromatic nitrogens is 2. The van der Waals surface area contributed by atoms with Crippen LogP contribution in [0.4, 0.5) is 0 Å². The molecule has 5 nitrogen and oxygen atoms in total. The van der Waals surface area contributed by atoms with E-state index in [9.17, 15) is 4.79 Å². The smallest absolute Gasteiger partial charge is 0.227 e. The normalized spacial score (nSPS) is 10.9. The minimum absolute atomic E-state index is 0.530. The van der Waals surface area contributed by atoms with Crippen LogP contribution in [0.15, 0.2) is 59.1 Å². The Kier molecular flexibility index (Phi) is 3.88. The number of carbonyl (C=O) groups is 1. The minimum atomic E-state index is 0.530. The van der Waals surface area contributed by atoms with Gasteiger partial charge >= 0.3 is 0 Å². The predicted molar refractivity (Wildman–Crippen MR) is 83.7 cm³/mol. The molecule has 0 spiro atoms. The topological polar surface area (TPSA) is 59.3 Å². The highest BCUT2D eigenvalue weighted by molar-refractivity contribution is 7.12. The van der Waals surface area contributed by atoms with Crippen LogP contribution in [0.3, 0.4) is 0 Å². The van der Waals surface area contributed by atoms with Gasteiger partial charge in [0.15, 0.2) is 0 Å². The van der Waals surface area contributed by atoms with Gasteiger partial charge in [-0.05, 0) is 17.5 Å². The van der Waals surface area contributed by atoms with Gasteiger partial charge in [0.2, 0.25) is 6.41 Å². The second-order valence-electron chi connectivity index (χ2n) is 4.20. The van der Waals surface area contributed by atoms with E-state index in [1.165, 1.54) is 0 Å². The lowest BCUT2D eigenvalue weighted by molar-refractivity contribution is -0.109. The van der Waals surface area contributed by atoms with Crippen LogP contribution < -0.4 is 5.43 Å². The first-order valence-electron chi connectivity index (χ1n) is 6.29. The van der Waals surface area contributed by atoms with Gasteiger partial charge in [0.05, 0.1) is 6.21 Å². The van der Waals surface area contributed by atoms with E-state index < -0.39 is 0 Å². The molecule has 0 aliphatic heterocycles. The summed E-state index contributed by atoms with van der Waals surface area (Å²) in [7, 11) is 0. The quantitative estimate of drug-likeness (QED) is 0.447. The number of carbonyl (C=O) groups excluding carboxylic acids is 1. The van der Waals surface area contributed by atoms with E-state index in [0.717, 1.165) is 21.8 Å². The third-order valence-electron chi connectivity index (χ3n) is 2.85. The minimum Gasteiger partial charge on any atom is -0.277 e. The molecule has 0 radical (unpaired) electrons. The molecule has 2 heterocycles. The number of hydrogen-bond donors (Lipinski definition) is 1. The molecular formula is C15H12N4OS. The molecule has 0 saturated carbocycles. The van der Waals surface area contributed by atoms with Gasteiger partial charge in [-0.25, -0.2) is 10.1 Å². The highest BCUT2D eigenvalue weighted by atomic mass is 32.1. The van der Waals surface area contributed by atoms with Crippen LogP contribution in [0.25, 0.3) is 16.3 Å². The largest absolute Gasteiger partial charge is 0.277 e. The maximum Gasteiger partial charge on any atom is 0.227 e. The Hall–Kier alpha value is -2.73. The molecule has 21 heavy (non-hydrogen) atoms. The number of hydrazone groups is 1. The Morgan fingerprint density at radius 2 is 2.05 bits per heavy atom. The monoisotopic (exact) mass is 296 g/mol. The zero-order chi connectivity index (χ0) is 14.5. The van der Waals surface area contributed by atoms with Gasteiger partial charge in [-0.15, -0.1) is 11.3 Å². The molecule has 0 aliphatic carbocycles. The molecule has 2 aromatic heterocycles. The molecule has 104 valence electrons. The first-order valence-corrected chi connectivity index (χ1v) is 7.17. The molecule has 6 heteroatoms. The summed E-state index contributed by atoms with van der Waals surface area (Å²) in [6, 6.07) is 13.8. The SMILES string of the molecule is O=CN/N=C/c1cn(-c2cccs2)nc1-c1ccccc1. The summed E-state index contributed by atoms with van der Waals surface area (Å²) in [5, 5.41) is 11.5. The fourth-order valence-corrected chi connectivity index (χ4v) is 2.61. The van der Waals surface area contributed by atoms with E-state index in [1.807, 2.05) is 58.7 Å². The molecule has 1 aromatic carbocycles. The molecule has 0 saturated heterocycles. The number of thiophene rings is 1. The molecular weight excluding hydrogens is 284 g/mol. The van der Waals surface area contributed by atoms with Crippen molar-refractivity contribution < 1.29 is 4.79 Å². The summed E-state index contributed by atoms with van der Waals surface area (Å²) in [5.74, 6) is 0. The Morgan fingerprint density at radius 3 is 2.76 bits per heavy atom. The highest BCUT2D eigenvalue weighted by Gasteiger charge is 2.11. The van der Waals surface area contributed by atoms with E-state index in [2.05, 4.69) is 15.6 Å². The van der Waals surface area contributed by atoms with Crippen LogP contribution in [0.1, 0.15) is 5.56 Å². The van der Waals surface area contributed by atoms with Crippen molar-refractivity contribution >= 4 is 24.0 Å². The summed E-state index contributed by atoms with van der Waals surface area (Å²) in [4.78, 5) is 10.3. The summed E-state index contributed by atoms with van der Waals surface area (Å²) in [6.07, 6.45) is 4.01. The van der Waals surface area contributed by atoms with Crippen LogP contribution in [0, 0.1) is 0 Å². The summed E-state index contributed by atoms with van der Waals surface area (Å²) < 4.78 is 1.81. The number of nitrogens with zero attached hydrogens (tertiary/aromatic N) is 3. The molecule has 0 bridgehead atoms. The van der Waals surface area contributed by atoms with E-state index in [1.54, 1.807) is 17.6 Å². The zero-order valence-corrected chi connectivity index (χ0v) is 11.8. The van der Waals surface area contributed by atoms with Gasteiger partial charge in [0.1, 0.15) is 10.7 Å². The van der Waals surface area contributed by atoms with Crippen LogP contribution in [0.5, 0.6) is 0 Å². The van der Waals surface area contributed by atoms with Crippen molar-refractivity contribution in [2.45, 2.75) is 0 Å². The van der Waals surface area contributed by atoms with E-state index >= 15 is 0 Å². The Bertz CT molecular complexity index is 747. The lowest BCUT2D eigenvalue weighted by Gasteiger charge is -1.97. The van der Waals surface area contributed by atoms with E-state index in [-0.39, 0.29) is 0 Å². The van der Waals surface area contributed by atoms with Crippen LogP contribution in [0.2, 0.25) is 0 Å². The van der Waals surface area contributed by atoms with Crippen LogP contribution >= 0.6 is 11.3 Å². The van der Waals surface area contributed by atoms with Gasteiger partial charge in [-0.1, -0.05) is 30.3 Å². The summed E-state index contributed by atoms with van der Waals surface area (Å²) in [5.41, 5.74) is 4.93. The second-order valence-corrected chi connectivity index (χ2v) is 5.13. The van der Waals surface area contributed by atoms with E-state index in [4.69, 9.17) is 0 Å². The average Bonchev–Trinajstić information content (AvgIpc) is 3.18. The fraction of sp³-hybridized carbons (Fsp3) is 0. The first-order chi connectivity index (χ1) is 10.4. The van der Waals surface area contributed by atoms with Gasteiger partial charge in [-0.2, -0.15) is 10.2 Å². The number of nitrogens with one attached hydrogen (secondary N) is 1.